The summed E-state index contributed by atoms with van der Waals surface area (Å²) in [5.74, 6) is -0.697. The Hall–Kier alpha value is -2.57. The van der Waals surface area contributed by atoms with Crippen LogP contribution >= 0.6 is 0 Å². The molecule has 1 aromatic heterocycles. The van der Waals surface area contributed by atoms with Gasteiger partial charge in [0, 0.05) is 0 Å². The Morgan fingerprint density at radius 3 is 2.39 bits per heavy atom. The quantitative estimate of drug-likeness (QED) is 0.712. The first-order chi connectivity index (χ1) is 11.1. The molecule has 5 nitrogen and oxygen atoms in total. The minimum absolute atomic E-state index is 0.0377. The number of rotatable bonds is 2. The third-order valence-corrected chi connectivity index (χ3v) is 3.15. The zero-order chi connectivity index (χ0) is 17.0. The normalized spacial score (nSPS) is 11.7. The average molecular weight is 315 g/mol. The first-order valence-corrected chi connectivity index (χ1v) is 7.30. The predicted molar refractivity (Wildman–Crippen MR) is 87.8 cm³/mol. The summed E-state index contributed by atoms with van der Waals surface area (Å²) in [4.78, 5) is 16.7. The van der Waals surface area contributed by atoms with Crippen LogP contribution in [0.2, 0.25) is 0 Å². The van der Waals surface area contributed by atoms with Crippen LogP contribution < -0.4 is 11.3 Å². The highest BCUT2D eigenvalue weighted by molar-refractivity contribution is 5.78. The minimum Gasteiger partial charge on any atom is -0.371 e. The van der Waals surface area contributed by atoms with Gasteiger partial charge >= 0.3 is 0 Å². The second kappa shape index (κ2) is 7.13. The summed E-state index contributed by atoms with van der Waals surface area (Å²) in [5, 5.41) is 9.55. The van der Waals surface area contributed by atoms with E-state index in [4.69, 9.17) is 5.73 Å². The van der Waals surface area contributed by atoms with E-state index in [0.29, 0.717) is 5.69 Å². The van der Waals surface area contributed by atoms with Gasteiger partial charge in [-0.25, -0.2) is 9.37 Å². The second-order valence-corrected chi connectivity index (χ2v) is 4.52. The van der Waals surface area contributed by atoms with E-state index in [0.717, 1.165) is 4.57 Å². The molecule has 3 aromatic rings. The van der Waals surface area contributed by atoms with Crippen LogP contribution in [0.4, 0.5) is 4.39 Å². The summed E-state index contributed by atoms with van der Waals surface area (Å²) in [6.45, 7) is 4.00. The Bertz CT molecular complexity index is 861. The molecule has 3 N–H and O–H groups in total. The summed E-state index contributed by atoms with van der Waals surface area (Å²) in [7, 11) is 0. The molecule has 23 heavy (non-hydrogen) atoms. The number of halogens is 1. The molecule has 0 aliphatic rings. The van der Waals surface area contributed by atoms with E-state index in [1.165, 1.54) is 18.2 Å². The number of aliphatic hydroxyl groups is 1. The van der Waals surface area contributed by atoms with Crippen LogP contribution in [0.5, 0.6) is 0 Å². The number of para-hydroxylation sites is 1. The zero-order valence-corrected chi connectivity index (χ0v) is 12.9. The number of nitrogens with two attached hydrogens (primary N) is 1. The van der Waals surface area contributed by atoms with Crippen LogP contribution in [0.15, 0.2) is 53.3 Å². The van der Waals surface area contributed by atoms with Gasteiger partial charge in [0.05, 0.1) is 11.2 Å². The van der Waals surface area contributed by atoms with E-state index in [1.807, 2.05) is 13.8 Å². The lowest BCUT2D eigenvalue weighted by Gasteiger charge is -2.15. The first-order valence-electron chi connectivity index (χ1n) is 7.30. The molecule has 0 aliphatic heterocycles. The highest BCUT2D eigenvalue weighted by Gasteiger charge is 2.18. The van der Waals surface area contributed by atoms with Gasteiger partial charge in [-0.05, 0) is 24.3 Å². The fraction of sp³-hybridized carbons (Fsp3) is 0.176. The van der Waals surface area contributed by atoms with Crippen molar-refractivity contribution in [2.75, 3.05) is 0 Å². The van der Waals surface area contributed by atoms with E-state index in [9.17, 15) is 14.3 Å². The maximum absolute atomic E-state index is 13.9. The molecule has 1 atom stereocenters. The van der Waals surface area contributed by atoms with Gasteiger partial charge in [0.1, 0.15) is 11.2 Å². The molecular weight excluding hydrogens is 297 g/mol. The lowest BCUT2D eigenvalue weighted by Crippen LogP contribution is -2.28. The smallest absolute Gasteiger partial charge is 0.269 e. The van der Waals surface area contributed by atoms with Gasteiger partial charge in [0.15, 0.2) is 12.1 Å². The van der Waals surface area contributed by atoms with Gasteiger partial charge in [0.25, 0.3) is 5.56 Å². The van der Waals surface area contributed by atoms with Gasteiger partial charge in [-0.2, -0.15) is 0 Å². The highest BCUT2D eigenvalue weighted by Crippen LogP contribution is 2.17. The monoisotopic (exact) mass is 315 g/mol. The van der Waals surface area contributed by atoms with Crippen molar-refractivity contribution < 1.29 is 9.50 Å². The molecule has 0 aliphatic carbocycles. The van der Waals surface area contributed by atoms with E-state index >= 15 is 0 Å². The Kier molecular flexibility index (Phi) is 5.20. The summed E-state index contributed by atoms with van der Waals surface area (Å²) in [5.41, 5.74) is 5.50. The van der Waals surface area contributed by atoms with Crippen molar-refractivity contribution in [2.24, 2.45) is 5.73 Å². The fourth-order valence-electron chi connectivity index (χ4n) is 2.23. The predicted octanol–water partition coefficient (Wildman–Crippen LogP) is 2.50. The topological polar surface area (TPSA) is 81.1 Å². The van der Waals surface area contributed by atoms with E-state index in [2.05, 4.69) is 4.98 Å². The van der Waals surface area contributed by atoms with Crippen LogP contribution in [0.1, 0.15) is 25.9 Å². The molecule has 6 heteroatoms. The third kappa shape index (κ3) is 3.13. The molecule has 3 rings (SSSR count). The lowest BCUT2D eigenvalue weighted by molar-refractivity contribution is 0.173. The molecule has 0 bridgehead atoms. The maximum Gasteiger partial charge on any atom is 0.269 e. The van der Waals surface area contributed by atoms with Crippen LogP contribution in [-0.2, 0) is 0 Å². The summed E-state index contributed by atoms with van der Waals surface area (Å²) >= 11 is 0. The van der Waals surface area contributed by atoms with Crippen molar-refractivity contribution >= 4 is 10.9 Å². The summed E-state index contributed by atoms with van der Waals surface area (Å²) in [6.07, 6.45) is -1.45. The first kappa shape index (κ1) is 16.8. The van der Waals surface area contributed by atoms with Crippen LogP contribution in [0.25, 0.3) is 16.6 Å². The van der Waals surface area contributed by atoms with Gasteiger partial charge in [-0.3, -0.25) is 15.1 Å². The van der Waals surface area contributed by atoms with Gasteiger partial charge in [0.2, 0.25) is 0 Å². The number of benzene rings is 2. The Balaban J connectivity index is 0.000000924. The molecule has 0 amide bonds. The third-order valence-electron chi connectivity index (χ3n) is 3.15. The number of hydrogen-bond acceptors (Lipinski definition) is 4. The van der Waals surface area contributed by atoms with Gasteiger partial charge in [-0.15, -0.1) is 0 Å². The second-order valence-electron chi connectivity index (χ2n) is 4.52. The number of aromatic nitrogens is 2. The zero-order valence-electron chi connectivity index (χ0n) is 12.9. The molecule has 0 spiro atoms. The molecule has 0 saturated carbocycles. The van der Waals surface area contributed by atoms with Crippen LogP contribution in [-0.4, -0.2) is 14.7 Å². The standard InChI is InChI=1S/C15H12FN3O2.C2H6/c16-10-7-4-8-11-12(10)15(21)19(14(18-11)13(17)20)9-5-2-1-3-6-9;1-2/h1-8,13,20H,17H2;1-2H3. The molecule has 0 fully saturated rings. The lowest BCUT2D eigenvalue weighted by atomic mass is 10.2. The summed E-state index contributed by atoms with van der Waals surface area (Å²) < 4.78 is 15.0. The molecule has 0 radical (unpaired) electrons. The van der Waals surface area contributed by atoms with Crippen molar-refractivity contribution in [3.05, 3.63) is 70.5 Å². The molecule has 2 aromatic carbocycles. The van der Waals surface area contributed by atoms with Crippen molar-refractivity contribution in [3.63, 3.8) is 0 Å². The molecule has 0 saturated heterocycles. The molecular formula is C17H18FN3O2. The van der Waals surface area contributed by atoms with E-state index in [-0.39, 0.29) is 16.7 Å². The van der Waals surface area contributed by atoms with Gasteiger partial charge < -0.3 is 5.11 Å². The van der Waals surface area contributed by atoms with Crippen molar-refractivity contribution in [3.8, 4) is 5.69 Å². The number of aliphatic hydroxyl groups excluding tert-OH is 1. The average Bonchev–Trinajstić information content (AvgIpc) is 2.57. The Labute approximate surface area is 132 Å². The number of hydrogen-bond donors (Lipinski definition) is 2. The SMILES string of the molecule is CC.NC(O)c1nc2cccc(F)c2c(=O)n1-c1ccccc1. The molecule has 120 valence electrons. The number of fused-ring (bicyclic) bond motifs is 1. The summed E-state index contributed by atoms with van der Waals surface area (Å²) in [6, 6.07) is 12.7. The van der Waals surface area contributed by atoms with Crippen molar-refractivity contribution in [1.29, 1.82) is 0 Å². The maximum atomic E-state index is 13.9. The highest BCUT2D eigenvalue weighted by atomic mass is 19.1. The Morgan fingerprint density at radius 2 is 1.78 bits per heavy atom. The molecule has 1 unspecified atom stereocenters. The number of nitrogens with zero attached hydrogens (tertiary/aromatic N) is 2. The largest absolute Gasteiger partial charge is 0.371 e. The van der Waals surface area contributed by atoms with E-state index in [1.54, 1.807) is 30.3 Å². The van der Waals surface area contributed by atoms with E-state index < -0.39 is 17.6 Å². The van der Waals surface area contributed by atoms with Crippen molar-refractivity contribution in [2.45, 2.75) is 20.1 Å². The van der Waals surface area contributed by atoms with Crippen LogP contribution in [0.3, 0.4) is 0 Å². The minimum atomic E-state index is -1.45. The van der Waals surface area contributed by atoms with Gasteiger partial charge in [-0.1, -0.05) is 38.1 Å². The Morgan fingerprint density at radius 1 is 1.13 bits per heavy atom. The molecule has 1 heterocycles. The van der Waals surface area contributed by atoms with Crippen molar-refractivity contribution in [1.82, 2.24) is 9.55 Å². The van der Waals surface area contributed by atoms with Crippen LogP contribution in [0, 0.1) is 5.82 Å². The fourth-order valence-corrected chi connectivity index (χ4v) is 2.23.